The molecular weight excluding hydrogens is 454 g/mol. The molecule has 0 unspecified atom stereocenters. The van der Waals surface area contributed by atoms with Crippen LogP contribution < -0.4 is 9.47 Å². The van der Waals surface area contributed by atoms with E-state index < -0.39 is 11.8 Å². The first-order valence-electron chi connectivity index (χ1n) is 10.3. The summed E-state index contributed by atoms with van der Waals surface area (Å²) in [6.45, 7) is 1.83. The topological polar surface area (TPSA) is 112 Å². The lowest BCUT2D eigenvalue weighted by Crippen LogP contribution is -2.14. The Labute approximate surface area is 199 Å². The maximum absolute atomic E-state index is 13.7. The zero-order chi connectivity index (χ0) is 24.2. The molecule has 0 radical (unpaired) electrons. The first-order valence-corrected chi connectivity index (χ1v) is 11.0. The van der Waals surface area contributed by atoms with Crippen molar-refractivity contribution in [1.29, 1.82) is 0 Å². The minimum absolute atomic E-state index is 0.0654. The minimum Gasteiger partial charge on any atom is -0.496 e. The first-order chi connectivity index (χ1) is 16.4. The molecule has 2 aromatic carbocycles. The summed E-state index contributed by atoms with van der Waals surface area (Å²) in [6.07, 6.45) is 1.63. The molecule has 1 N–H and O–H groups in total. The third-order valence-corrected chi connectivity index (χ3v) is 5.93. The van der Waals surface area contributed by atoms with Crippen LogP contribution in [-0.4, -0.2) is 44.8 Å². The van der Waals surface area contributed by atoms with Gasteiger partial charge in [-0.15, -0.1) is 0 Å². The van der Waals surface area contributed by atoms with E-state index in [-0.39, 0.29) is 17.6 Å². The van der Waals surface area contributed by atoms with Crippen LogP contribution in [0.1, 0.15) is 27.0 Å². The lowest BCUT2D eigenvalue weighted by atomic mass is 9.89. The standard InChI is InChI=1S/C25H21N3O5S/c1-14-10-17(6-8-21(14)32-2)24(29)18(11-15-4-9-22(33-3)26-13-15)23(25(30)31)16-5-7-19-20(12-16)28-34-27-19/h4-10,12-13H,11H2,1-3H3,(H,30,31). The number of carboxylic acids is 1. The average molecular weight is 476 g/mol. The van der Waals surface area contributed by atoms with E-state index in [4.69, 9.17) is 9.47 Å². The van der Waals surface area contributed by atoms with Crippen molar-refractivity contribution in [2.24, 2.45) is 0 Å². The number of aliphatic carboxylic acids is 1. The number of aryl methyl sites for hydroxylation is 1. The number of ether oxygens (including phenoxy) is 2. The van der Waals surface area contributed by atoms with Gasteiger partial charge in [0.15, 0.2) is 5.78 Å². The van der Waals surface area contributed by atoms with Gasteiger partial charge in [-0.3, -0.25) is 4.79 Å². The molecular formula is C25H21N3O5S. The maximum atomic E-state index is 13.7. The Morgan fingerprint density at radius 2 is 1.71 bits per heavy atom. The van der Waals surface area contributed by atoms with E-state index in [1.165, 1.54) is 7.11 Å². The highest BCUT2D eigenvalue weighted by molar-refractivity contribution is 7.00. The number of aromatic nitrogens is 3. The molecule has 2 aromatic heterocycles. The second kappa shape index (κ2) is 9.80. The molecule has 8 nitrogen and oxygen atoms in total. The molecule has 172 valence electrons. The van der Waals surface area contributed by atoms with Gasteiger partial charge in [0.05, 0.1) is 31.5 Å². The van der Waals surface area contributed by atoms with Crippen molar-refractivity contribution in [3.63, 3.8) is 0 Å². The van der Waals surface area contributed by atoms with Crippen molar-refractivity contribution in [3.8, 4) is 11.6 Å². The van der Waals surface area contributed by atoms with Crippen molar-refractivity contribution in [2.75, 3.05) is 14.2 Å². The predicted molar refractivity (Wildman–Crippen MR) is 129 cm³/mol. The van der Waals surface area contributed by atoms with Crippen molar-refractivity contribution < 1.29 is 24.2 Å². The van der Waals surface area contributed by atoms with Gasteiger partial charge < -0.3 is 14.6 Å². The second-order valence-corrected chi connectivity index (χ2v) is 8.05. The number of ketones is 1. The summed E-state index contributed by atoms with van der Waals surface area (Å²) < 4.78 is 18.8. The molecule has 0 aliphatic heterocycles. The second-order valence-electron chi connectivity index (χ2n) is 7.53. The van der Waals surface area contributed by atoms with Gasteiger partial charge in [-0.2, -0.15) is 8.75 Å². The summed E-state index contributed by atoms with van der Waals surface area (Å²) in [5.41, 5.74) is 3.45. The summed E-state index contributed by atoms with van der Waals surface area (Å²) in [6, 6.07) is 13.4. The van der Waals surface area contributed by atoms with E-state index >= 15 is 0 Å². The molecule has 0 fully saturated rings. The Bertz CT molecular complexity index is 1410. The van der Waals surface area contributed by atoms with Gasteiger partial charge in [-0.1, -0.05) is 12.1 Å². The summed E-state index contributed by atoms with van der Waals surface area (Å²) >= 11 is 1.04. The third-order valence-electron chi connectivity index (χ3n) is 5.38. The smallest absolute Gasteiger partial charge is 0.336 e. The number of carbonyl (C=O) groups is 2. The minimum atomic E-state index is -1.21. The number of hydrogen-bond donors (Lipinski definition) is 1. The number of fused-ring (bicyclic) bond motifs is 1. The average Bonchev–Trinajstić information content (AvgIpc) is 3.31. The van der Waals surface area contributed by atoms with Gasteiger partial charge in [0.2, 0.25) is 5.88 Å². The molecule has 0 aliphatic carbocycles. The predicted octanol–water partition coefficient (Wildman–Crippen LogP) is 4.38. The fraction of sp³-hybridized carbons (Fsp3) is 0.160. The van der Waals surface area contributed by atoms with Crippen LogP contribution >= 0.6 is 11.7 Å². The van der Waals surface area contributed by atoms with Gasteiger partial charge in [0.1, 0.15) is 16.8 Å². The molecule has 9 heteroatoms. The summed E-state index contributed by atoms with van der Waals surface area (Å²) in [5.74, 6) is -0.541. The molecule has 0 saturated carbocycles. The summed E-state index contributed by atoms with van der Waals surface area (Å²) in [5, 5.41) is 10.2. The Morgan fingerprint density at radius 3 is 2.35 bits per heavy atom. The van der Waals surface area contributed by atoms with Crippen LogP contribution in [0, 0.1) is 6.92 Å². The van der Waals surface area contributed by atoms with Gasteiger partial charge in [-0.05, 0) is 53.9 Å². The van der Waals surface area contributed by atoms with Crippen LogP contribution in [0.2, 0.25) is 0 Å². The molecule has 4 rings (SSSR count). The van der Waals surface area contributed by atoms with E-state index in [1.807, 2.05) is 6.92 Å². The molecule has 0 amide bonds. The number of carboxylic acid groups (broad SMARTS) is 1. The highest BCUT2D eigenvalue weighted by atomic mass is 32.1. The number of nitrogens with zero attached hydrogens (tertiary/aromatic N) is 3. The fourth-order valence-corrected chi connectivity index (χ4v) is 4.20. The van der Waals surface area contributed by atoms with Crippen LogP contribution in [0.3, 0.4) is 0 Å². The fourth-order valence-electron chi connectivity index (χ4n) is 3.68. The normalized spacial score (nSPS) is 11.7. The summed E-state index contributed by atoms with van der Waals surface area (Å²) in [7, 11) is 3.06. The molecule has 34 heavy (non-hydrogen) atoms. The largest absolute Gasteiger partial charge is 0.496 e. The molecule has 0 aliphatic rings. The molecule has 2 heterocycles. The number of allylic oxidation sites excluding steroid dienone is 1. The van der Waals surface area contributed by atoms with Crippen LogP contribution in [0.5, 0.6) is 11.6 Å². The van der Waals surface area contributed by atoms with Gasteiger partial charge in [0.25, 0.3) is 0 Å². The molecule has 0 bridgehead atoms. The van der Waals surface area contributed by atoms with Crippen LogP contribution in [0.15, 0.2) is 60.3 Å². The van der Waals surface area contributed by atoms with Gasteiger partial charge in [-0.25, -0.2) is 9.78 Å². The Morgan fingerprint density at radius 1 is 0.941 bits per heavy atom. The third kappa shape index (κ3) is 4.65. The number of pyridine rings is 1. The van der Waals surface area contributed by atoms with Gasteiger partial charge in [0, 0.05) is 29.8 Å². The number of Topliss-reactive ketones (excluding diaryl/α,β-unsaturated/α-hetero) is 1. The van der Waals surface area contributed by atoms with Crippen LogP contribution in [0.25, 0.3) is 16.6 Å². The monoisotopic (exact) mass is 475 g/mol. The highest BCUT2D eigenvalue weighted by Gasteiger charge is 2.25. The quantitative estimate of drug-likeness (QED) is 0.295. The number of rotatable bonds is 8. The molecule has 0 atom stereocenters. The first kappa shape index (κ1) is 23.1. The van der Waals surface area contributed by atoms with Crippen LogP contribution in [0.4, 0.5) is 0 Å². The molecule has 0 spiro atoms. The lowest BCUT2D eigenvalue weighted by molar-refractivity contribution is -0.130. The maximum Gasteiger partial charge on any atom is 0.336 e. The van der Waals surface area contributed by atoms with Crippen molar-refractivity contribution in [2.45, 2.75) is 13.3 Å². The zero-order valence-electron chi connectivity index (χ0n) is 18.7. The van der Waals surface area contributed by atoms with E-state index in [1.54, 1.807) is 61.8 Å². The Hall–Kier alpha value is -4.11. The zero-order valence-corrected chi connectivity index (χ0v) is 19.5. The SMILES string of the molecule is COc1ccc(CC(C(=O)c2ccc(OC)c(C)c2)=C(C(=O)O)c2ccc3nsnc3c2)cn1. The van der Waals surface area contributed by atoms with Crippen molar-refractivity contribution in [3.05, 3.63) is 82.6 Å². The van der Waals surface area contributed by atoms with E-state index in [2.05, 4.69) is 13.7 Å². The van der Waals surface area contributed by atoms with E-state index in [0.717, 1.165) is 17.3 Å². The Kier molecular flexibility index (Phi) is 6.65. The van der Waals surface area contributed by atoms with E-state index in [9.17, 15) is 14.7 Å². The number of benzene rings is 2. The molecule has 4 aromatic rings. The number of methoxy groups -OCH3 is 2. The van der Waals surface area contributed by atoms with Crippen molar-refractivity contribution >= 4 is 40.1 Å². The van der Waals surface area contributed by atoms with E-state index in [0.29, 0.717) is 39.4 Å². The van der Waals surface area contributed by atoms with Crippen molar-refractivity contribution in [1.82, 2.24) is 13.7 Å². The Balaban J connectivity index is 1.89. The van der Waals surface area contributed by atoms with Crippen LogP contribution in [-0.2, 0) is 11.2 Å². The number of hydrogen-bond acceptors (Lipinski definition) is 8. The lowest BCUT2D eigenvalue weighted by Gasteiger charge is -2.14. The number of carbonyl (C=O) groups excluding carboxylic acids is 1. The highest BCUT2D eigenvalue weighted by Crippen LogP contribution is 2.29. The summed E-state index contributed by atoms with van der Waals surface area (Å²) in [4.78, 5) is 30.4. The van der Waals surface area contributed by atoms with Gasteiger partial charge >= 0.3 is 5.97 Å². The molecule has 0 saturated heterocycles.